The van der Waals surface area contributed by atoms with Gasteiger partial charge in [0.25, 0.3) is 0 Å². The van der Waals surface area contributed by atoms with Crippen molar-refractivity contribution >= 4 is 11.8 Å². The Hall–Kier alpha value is -0.470. The number of fused-ring (bicyclic) bond motifs is 1. The lowest BCUT2D eigenvalue weighted by atomic mass is 9.88. The highest BCUT2D eigenvalue weighted by molar-refractivity contribution is 7.98. The summed E-state index contributed by atoms with van der Waals surface area (Å²) in [5.41, 5.74) is 3.11. The van der Waals surface area contributed by atoms with Gasteiger partial charge in [-0.1, -0.05) is 37.1 Å². The molecule has 1 nitrogen and oxygen atoms in total. The molecular formula is C17H27NS. The predicted octanol–water partition coefficient (Wildman–Crippen LogP) is 4.58. The molecule has 1 aromatic carbocycles. The summed E-state index contributed by atoms with van der Waals surface area (Å²) in [6.45, 7) is 1.18. The minimum absolute atomic E-state index is 0.608. The van der Waals surface area contributed by atoms with Gasteiger partial charge in [-0.15, -0.1) is 0 Å². The lowest BCUT2D eigenvalue weighted by Gasteiger charge is -2.26. The summed E-state index contributed by atoms with van der Waals surface area (Å²) in [6, 6.07) is 9.57. The Morgan fingerprint density at radius 3 is 2.89 bits per heavy atom. The minimum atomic E-state index is 0.608. The zero-order valence-corrected chi connectivity index (χ0v) is 13.0. The molecule has 0 heterocycles. The molecule has 1 aliphatic rings. The van der Waals surface area contributed by atoms with Gasteiger partial charge in [-0.3, -0.25) is 0 Å². The minimum Gasteiger partial charge on any atom is -0.310 e. The second-order valence-electron chi connectivity index (χ2n) is 5.50. The summed E-state index contributed by atoms with van der Waals surface area (Å²) in [5, 5.41) is 3.76. The van der Waals surface area contributed by atoms with Gasteiger partial charge >= 0.3 is 0 Å². The first-order valence-corrected chi connectivity index (χ1v) is 9.11. The molecular weight excluding hydrogens is 250 g/mol. The first-order valence-electron chi connectivity index (χ1n) is 7.72. The second kappa shape index (κ2) is 8.65. The van der Waals surface area contributed by atoms with Crippen LogP contribution in [0.2, 0.25) is 0 Å². The van der Waals surface area contributed by atoms with Gasteiger partial charge in [-0.2, -0.15) is 11.8 Å². The van der Waals surface area contributed by atoms with E-state index in [1.54, 1.807) is 11.1 Å². The molecule has 2 rings (SSSR count). The Kier molecular flexibility index (Phi) is 6.80. The van der Waals surface area contributed by atoms with E-state index < -0.39 is 0 Å². The van der Waals surface area contributed by atoms with Crippen LogP contribution in [0, 0.1) is 0 Å². The Labute approximate surface area is 122 Å². The Morgan fingerprint density at radius 1 is 1.16 bits per heavy atom. The van der Waals surface area contributed by atoms with Crippen molar-refractivity contribution < 1.29 is 0 Å². The van der Waals surface area contributed by atoms with Crippen molar-refractivity contribution in [2.75, 3.05) is 18.6 Å². The van der Waals surface area contributed by atoms with Gasteiger partial charge in [0, 0.05) is 6.04 Å². The zero-order chi connectivity index (χ0) is 13.3. The number of rotatable bonds is 8. The molecule has 1 unspecified atom stereocenters. The molecule has 106 valence electrons. The summed E-state index contributed by atoms with van der Waals surface area (Å²) in [4.78, 5) is 0. The second-order valence-corrected chi connectivity index (χ2v) is 6.49. The number of hydrogen-bond donors (Lipinski definition) is 1. The summed E-state index contributed by atoms with van der Waals surface area (Å²) in [6.07, 6.45) is 11.6. The van der Waals surface area contributed by atoms with Crippen LogP contribution in [-0.4, -0.2) is 18.6 Å². The van der Waals surface area contributed by atoms with Gasteiger partial charge < -0.3 is 5.32 Å². The Bertz CT molecular complexity index is 364. The zero-order valence-electron chi connectivity index (χ0n) is 12.2. The largest absolute Gasteiger partial charge is 0.310 e. The lowest BCUT2D eigenvalue weighted by Crippen LogP contribution is -2.26. The lowest BCUT2D eigenvalue weighted by molar-refractivity contribution is 0.450. The number of unbranched alkanes of at least 4 members (excludes halogenated alkanes) is 3. The maximum Gasteiger partial charge on any atom is 0.0323 e. The van der Waals surface area contributed by atoms with E-state index in [0.29, 0.717) is 6.04 Å². The number of nitrogens with one attached hydrogen (secondary N) is 1. The molecule has 0 radical (unpaired) electrons. The molecule has 19 heavy (non-hydrogen) atoms. The van der Waals surface area contributed by atoms with Crippen molar-refractivity contribution in [3.05, 3.63) is 35.4 Å². The molecule has 0 saturated heterocycles. The number of thioether (sulfide) groups is 1. The predicted molar refractivity (Wildman–Crippen MR) is 87.0 cm³/mol. The third-order valence-electron chi connectivity index (χ3n) is 4.04. The van der Waals surface area contributed by atoms with Crippen molar-refractivity contribution in [1.82, 2.24) is 5.32 Å². The van der Waals surface area contributed by atoms with Gasteiger partial charge in [0.15, 0.2) is 0 Å². The topological polar surface area (TPSA) is 12.0 Å². The molecule has 0 spiro atoms. The highest BCUT2D eigenvalue weighted by atomic mass is 32.2. The molecule has 1 N–H and O–H groups in total. The van der Waals surface area contributed by atoms with Crippen LogP contribution in [0.1, 0.15) is 55.7 Å². The molecule has 0 aromatic heterocycles. The van der Waals surface area contributed by atoms with Crippen molar-refractivity contribution in [3.8, 4) is 0 Å². The van der Waals surface area contributed by atoms with Crippen LogP contribution in [0.5, 0.6) is 0 Å². The quantitative estimate of drug-likeness (QED) is 0.698. The standard InChI is InChI=1S/C17H27NS/c1-19-14-7-3-2-6-13-18-17-12-8-10-15-9-4-5-11-16(15)17/h4-5,9,11,17-18H,2-3,6-8,10,12-14H2,1H3. The van der Waals surface area contributed by atoms with Crippen LogP contribution in [0.25, 0.3) is 0 Å². The van der Waals surface area contributed by atoms with E-state index in [1.165, 1.54) is 57.2 Å². The fraction of sp³-hybridized carbons (Fsp3) is 0.647. The van der Waals surface area contributed by atoms with Crippen molar-refractivity contribution in [2.24, 2.45) is 0 Å². The van der Waals surface area contributed by atoms with E-state index in [1.807, 2.05) is 11.8 Å². The van der Waals surface area contributed by atoms with Gasteiger partial charge in [-0.25, -0.2) is 0 Å². The van der Waals surface area contributed by atoms with E-state index in [-0.39, 0.29) is 0 Å². The summed E-state index contributed by atoms with van der Waals surface area (Å²) < 4.78 is 0. The average Bonchev–Trinajstić information content (AvgIpc) is 2.46. The van der Waals surface area contributed by atoms with E-state index in [2.05, 4.69) is 35.8 Å². The van der Waals surface area contributed by atoms with Crippen LogP contribution in [0.3, 0.4) is 0 Å². The Morgan fingerprint density at radius 2 is 2.00 bits per heavy atom. The monoisotopic (exact) mass is 277 g/mol. The van der Waals surface area contributed by atoms with E-state index in [9.17, 15) is 0 Å². The SMILES string of the molecule is CSCCCCCCNC1CCCc2ccccc21. The summed E-state index contributed by atoms with van der Waals surface area (Å²) in [5.74, 6) is 1.32. The Balaban J connectivity index is 1.67. The van der Waals surface area contributed by atoms with Gasteiger partial charge in [0.1, 0.15) is 0 Å². The highest BCUT2D eigenvalue weighted by Gasteiger charge is 2.18. The van der Waals surface area contributed by atoms with Crippen LogP contribution in [-0.2, 0) is 6.42 Å². The number of hydrogen-bond acceptors (Lipinski definition) is 2. The van der Waals surface area contributed by atoms with Crippen molar-refractivity contribution in [2.45, 2.75) is 51.0 Å². The maximum absolute atomic E-state index is 3.76. The first kappa shape index (κ1) is 14.9. The molecule has 0 fully saturated rings. The smallest absolute Gasteiger partial charge is 0.0323 e. The van der Waals surface area contributed by atoms with Crippen LogP contribution in [0.15, 0.2) is 24.3 Å². The molecule has 0 saturated carbocycles. The maximum atomic E-state index is 3.76. The van der Waals surface area contributed by atoms with Crippen LogP contribution in [0.4, 0.5) is 0 Å². The molecule has 1 aromatic rings. The fourth-order valence-corrected chi connectivity index (χ4v) is 3.46. The molecule has 2 heteroatoms. The van der Waals surface area contributed by atoms with Crippen LogP contribution < -0.4 is 5.32 Å². The first-order chi connectivity index (χ1) is 9.42. The third kappa shape index (κ3) is 4.85. The molecule has 0 aliphatic heterocycles. The summed E-state index contributed by atoms with van der Waals surface area (Å²) >= 11 is 1.96. The van der Waals surface area contributed by atoms with E-state index in [0.717, 1.165) is 0 Å². The van der Waals surface area contributed by atoms with Crippen LogP contribution >= 0.6 is 11.8 Å². The molecule has 1 atom stereocenters. The average molecular weight is 277 g/mol. The fourth-order valence-electron chi connectivity index (χ4n) is 2.97. The van der Waals surface area contributed by atoms with Crippen molar-refractivity contribution in [3.63, 3.8) is 0 Å². The number of benzene rings is 1. The normalized spacial score (nSPS) is 18.3. The van der Waals surface area contributed by atoms with E-state index >= 15 is 0 Å². The van der Waals surface area contributed by atoms with E-state index in [4.69, 9.17) is 0 Å². The van der Waals surface area contributed by atoms with Crippen molar-refractivity contribution in [1.29, 1.82) is 0 Å². The third-order valence-corrected chi connectivity index (χ3v) is 4.73. The number of aryl methyl sites for hydroxylation is 1. The highest BCUT2D eigenvalue weighted by Crippen LogP contribution is 2.29. The molecule has 0 bridgehead atoms. The van der Waals surface area contributed by atoms with Gasteiger partial charge in [0.05, 0.1) is 0 Å². The molecule has 0 amide bonds. The molecule has 1 aliphatic carbocycles. The van der Waals surface area contributed by atoms with Gasteiger partial charge in [0.2, 0.25) is 0 Å². The summed E-state index contributed by atoms with van der Waals surface area (Å²) in [7, 11) is 0. The van der Waals surface area contributed by atoms with Gasteiger partial charge in [-0.05, 0) is 61.8 Å².